The molecule has 0 atom stereocenters. The maximum atomic E-state index is 2.52. The van der Waals surface area contributed by atoms with Gasteiger partial charge in [0.05, 0.1) is 11.4 Å². The van der Waals surface area contributed by atoms with Crippen molar-refractivity contribution in [1.82, 2.24) is 0 Å². The molecule has 0 aromatic heterocycles. The van der Waals surface area contributed by atoms with Gasteiger partial charge in [-0.1, -0.05) is 184 Å². The van der Waals surface area contributed by atoms with Crippen LogP contribution >= 0.6 is 0 Å². The Labute approximate surface area is 317 Å². The zero-order valence-electron chi connectivity index (χ0n) is 30.5. The van der Waals surface area contributed by atoms with Crippen LogP contribution in [-0.4, -0.2) is 0 Å². The first kappa shape index (κ1) is 32.0. The third-order valence-electron chi connectivity index (χ3n) is 11.4. The lowest BCUT2D eigenvalue weighted by atomic mass is 9.80. The number of fused-ring (bicyclic) bond motifs is 6. The van der Waals surface area contributed by atoms with Gasteiger partial charge in [-0.3, -0.25) is 0 Å². The molecule has 1 aliphatic rings. The van der Waals surface area contributed by atoms with Gasteiger partial charge in [-0.25, -0.2) is 0 Å². The van der Waals surface area contributed by atoms with Crippen LogP contribution < -0.4 is 4.90 Å². The summed E-state index contributed by atoms with van der Waals surface area (Å²) in [6.45, 7) is 4.78. The van der Waals surface area contributed by atoms with E-state index < -0.39 is 0 Å². The van der Waals surface area contributed by atoms with Crippen molar-refractivity contribution < 1.29 is 0 Å². The van der Waals surface area contributed by atoms with Crippen LogP contribution in [0.3, 0.4) is 0 Å². The van der Waals surface area contributed by atoms with Crippen molar-refractivity contribution in [3.8, 4) is 44.5 Å². The lowest BCUT2D eigenvalue weighted by Gasteiger charge is -2.32. The number of para-hydroxylation sites is 1. The second kappa shape index (κ2) is 12.8. The van der Waals surface area contributed by atoms with Gasteiger partial charge in [-0.05, 0) is 96.4 Å². The molecule has 0 fully saturated rings. The molecule has 9 aromatic carbocycles. The first-order valence-electron chi connectivity index (χ1n) is 18.9. The van der Waals surface area contributed by atoms with E-state index in [1.807, 2.05) is 0 Å². The third-order valence-corrected chi connectivity index (χ3v) is 11.4. The van der Waals surface area contributed by atoms with E-state index in [1.54, 1.807) is 0 Å². The summed E-state index contributed by atoms with van der Waals surface area (Å²) in [7, 11) is 0. The van der Waals surface area contributed by atoms with Crippen molar-refractivity contribution in [2.24, 2.45) is 0 Å². The van der Waals surface area contributed by atoms with Gasteiger partial charge in [0.2, 0.25) is 0 Å². The van der Waals surface area contributed by atoms with Crippen LogP contribution in [0, 0.1) is 0 Å². The van der Waals surface area contributed by atoms with Crippen LogP contribution in [-0.2, 0) is 5.41 Å². The van der Waals surface area contributed by atoms with Crippen molar-refractivity contribution in [3.05, 3.63) is 211 Å². The van der Waals surface area contributed by atoms with Gasteiger partial charge in [-0.2, -0.15) is 0 Å². The van der Waals surface area contributed by atoms with Gasteiger partial charge in [-0.15, -0.1) is 0 Å². The minimum atomic E-state index is -0.174. The Morgan fingerprint density at radius 3 is 1.76 bits per heavy atom. The van der Waals surface area contributed by atoms with Crippen molar-refractivity contribution in [3.63, 3.8) is 0 Å². The molecular weight excluding hydrogens is 651 g/mol. The fourth-order valence-corrected chi connectivity index (χ4v) is 8.88. The summed E-state index contributed by atoms with van der Waals surface area (Å²) < 4.78 is 0. The van der Waals surface area contributed by atoms with Gasteiger partial charge < -0.3 is 4.90 Å². The first-order chi connectivity index (χ1) is 26.6. The van der Waals surface area contributed by atoms with Crippen molar-refractivity contribution in [1.29, 1.82) is 0 Å². The Balaban J connectivity index is 1.25. The number of hydrogen-bond acceptors (Lipinski definition) is 1. The predicted molar refractivity (Wildman–Crippen MR) is 230 cm³/mol. The van der Waals surface area contributed by atoms with Gasteiger partial charge >= 0.3 is 0 Å². The van der Waals surface area contributed by atoms with E-state index in [4.69, 9.17) is 0 Å². The lowest BCUT2D eigenvalue weighted by molar-refractivity contribution is 0.666. The Morgan fingerprint density at radius 1 is 0.370 bits per heavy atom. The van der Waals surface area contributed by atoms with Crippen molar-refractivity contribution in [2.75, 3.05) is 4.90 Å². The zero-order chi connectivity index (χ0) is 36.2. The quantitative estimate of drug-likeness (QED) is 0.168. The van der Waals surface area contributed by atoms with E-state index in [0.717, 1.165) is 11.4 Å². The molecule has 0 saturated heterocycles. The smallest absolute Gasteiger partial charge is 0.0549 e. The van der Waals surface area contributed by atoms with Gasteiger partial charge in [0.25, 0.3) is 0 Å². The first-order valence-corrected chi connectivity index (χ1v) is 18.9. The monoisotopic (exact) mass is 689 g/mol. The van der Waals surface area contributed by atoms with Gasteiger partial charge in [0.15, 0.2) is 0 Å². The summed E-state index contributed by atoms with van der Waals surface area (Å²) >= 11 is 0. The van der Waals surface area contributed by atoms with Crippen LogP contribution in [0.2, 0.25) is 0 Å². The highest BCUT2D eigenvalue weighted by atomic mass is 15.1. The molecular formula is C53H39N. The Kier molecular flexibility index (Phi) is 7.56. The van der Waals surface area contributed by atoms with Crippen LogP contribution in [0.4, 0.5) is 17.1 Å². The molecule has 0 bridgehead atoms. The Morgan fingerprint density at radius 2 is 0.963 bits per heavy atom. The second-order valence-electron chi connectivity index (χ2n) is 14.9. The van der Waals surface area contributed by atoms with E-state index in [1.165, 1.54) is 82.9 Å². The fourth-order valence-electron chi connectivity index (χ4n) is 8.88. The van der Waals surface area contributed by atoms with E-state index in [0.29, 0.717) is 0 Å². The molecule has 0 amide bonds. The molecule has 0 aliphatic heterocycles. The maximum absolute atomic E-state index is 2.52. The highest BCUT2D eigenvalue weighted by Gasteiger charge is 2.39. The fraction of sp³-hybridized carbons (Fsp3) is 0.0566. The lowest BCUT2D eigenvalue weighted by Crippen LogP contribution is -2.17. The molecule has 9 aromatic rings. The Bertz CT molecular complexity index is 2850. The van der Waals surface area contributed by atoms with E-state index in [9.17, 15) is 0 Å². The summed E-state index contributed by atoms with van der Waals surface area (Å²) in [5.74, 6) is 0. The highest BCUT2D eigenvalue weighted by Crippen LogP contribution is 2.57. The SMILES string of the molecule is CC1(C)c2ccccc2-c2c(N(c3ccc(-c4ccc5ccccc5c4)cc3)c3ccccc3-c3ccccc3-c3ccccc3)cc3ccccc3c21. The van der Waals surface area contributed by atoms with Crippen molar-refractivity contribution >= 4 is 38.6 Å². The van der Waals surface area contributed by atoms with E-state index in [2.05, 4.69) is 219 Å². The molecule has 1 nitrogen and oxygen atoms in total. The number of nitrogens with zero attached hydrogens (tertiary/aromatic N) is 1. The van der Waals surface area contributed by atoms with Crippen LogP contribution in [0.25, 0.3) is 66.1 Å². The normalized spacial score (nSPS) is 12.8. The van der Waals surface area contributed by atoms with Crippen LogP contribution in [0.1, 0.15) is 25.0 Å². The largest absolute Gasteiger partial charge is 0.309 e. The maximum Gasteiger partial charge on any atom is 0.0549 e. The molecule has 0 spiro atoms. The minimum absolute atomic E-state index is 0.174. The van der Waals surface area contributed by atoms with Gasteiger partial charge in [0.1, 0.15) is 0 Å². The molecule has 54 heavy (non-hydrogen) atoms. The molecule has 0 heterocycles. The topological polar surface area (TPSA) is 3.24 Å². The van der Waals surface area contributed by atoms with Crippen LogP contribution in [0.5, 0.6) is 0 Å². The minimum Gasteiger partial charge on any atom is -0.309 e. The molecule has 10 rings (SSSR count). The van der Waals surface area contributed by atoms with E-state index in [-0.39, 0.29) is 5.41 Å². The zero-order valence-corrected chi connectivity index (χ0v) is 30.5. The average molecular weight is 690 g/mol. The molecule has 1 heteroatoms. The number of benzene rings is 9. The summed E-state index contributed by atoms with van der Waals surface area (Å²) in [6, 6.07) is 73.4. The summed E-state index contributed by atoms with van der Waals surface area (Å²) in [6.07, 6.45) is 0. The van der Waals surface area contributed by atoms with Crippen LogP contribution in [0.15, 0.2) is 200 Å². The number of anilines is 3. The molecule has 0 N–H and O–H groups in total. The average Bonchev–Trinajstić information content (AvgIpc) is 3.48. The summed E-state index contributed by atoms with van der Waals surface area (Å²) in [5, 5.41) is 5.06. The standard InChI is InChI=1S/C53H39N/c1-53(2)48-26-14-12-25-47(48)51-50(35-41-20-8-9-22-44(41)52(51)53)54(42-32-30-37(31-33-42)40-29-28-36-16-6-7-19-39(36)34-40)49-27-15-13-24-46(49)45-23-11-10-21-43(45)38-17-4-3-5-18-38/h3-35H,1-2H3. The summed E-state index contributed by atoms with van der Waals surface area (Å²) in [4.78, 5) is 2.52. The van der Waals surface area contributed by atoms with Gasteiger partial charge in [0, 0.05) is 22.2 Å². The predicted octanol–water partition coefficient (Wildman–Crippen LogP) is 14.8. The number of rotatable bonds is 6. The summed E-state index contributed by atoms with van der Waals surface area (Å²) in [5.41, 5.74) is 15.8. The molecule has 1 aliphatic carbocycles. The number of hydrogen-bond donors (Lipinski definition) is 0. The Hall–Kier alpha value is -6.70. The molecule has 0 unspecified atom stereocenters. The molecule has 256 valence electrons. The third kappa shape index (κ3) is 5.16. The second-order valence-corrected chi connectivity index (χ2v) is 14.9. The van der Waals surface area contributed by atoms with Crippen molar-refractivity contribution in [2.45, 2.75) is 19.3 Å². The highest BCUT2D eigenvalue weighted by molar-refractivity contribution is 6.07. The van der Waals surface area contributed by atoms with E-state index >= 15 is 0 Å². The molecule has 0 radical (unpaired) electrons. The molecule has 0 saturated carbocycles.